The van der Waals surface area contributed by atoms with Crippen molar-refractivity contribution in [1.29, 1.82) is 0 Å². The van der Waals surface area contributed by atoms with Crippen LogP contribution in [0.25, 0.3) is 22.5 Å². The summed E-state index contributed by atoms with van der Waals surface area (Å²) in [5.41, 5.74) is 4.78. The Labute approximate surface area is 151 Å². The Balaban J connectivity index is 1.95. The van der Waals surface area contributed by atoms with Crippen LogP contribution >= 0.6 is 0 Å². The number of imidazole rings is 1. The molecule has 130 valence electrons. The van der Waals surface area contributed by atoms with Gasteiger partial charge in [0.25, 0.3) is 0 Å². The van der Waals surface area contributed by atoms with Gasteiger partial charge in [0.15, 0.2) is 0 Å². The molecule has 2 nitrogen and oxygen atoms in total. The first-order valence-electron chi connectivity index (χ1n) is 9.49. The molecule has 2 heteroatoms. The lowest BCUT2D eigenvalue weighted by Crippen LogP contribution is -2.03. The van der Waals surface area contributed by atoms with Crippen molar-refractivity contribution in [2.75, 3.05) is 0 Å². The first-order valence-corrected chi connectivity index (χ1v) is 9.49. The van der Waals surface area contributed by atoms with Gasteiger partial charge in [-0.1, -0.05) is 93.3 Å². The molecule has 0 unspecified atom stereocenters. The van der Waals surface area contributed by atoms with E-state index >= 15 is 0 Å². The van der Waals surface area contributed by atoms with Gasteiger partial charge in [0.05, 0.1) is 11.4 Å². The molecule has 1 aromatic heterocycles. The molecule has 0 N–H and O–H groups in total. The van der Waals surface area contributed by atoms with Gasteiger partial charge in [-0.15, -0.1) is 0 Å². The van der Waals surface area contributed by atoms with E-state index < -0.39 is 0 Å². The Hall–Kier alpha value is -2.35. The lowest BCUT2D eigenvalue weighted by Gasteiger charge is -2.12. The first kappa shape index (κ1) is 17.5. The molecule has 3 aromatic rings. The molecular weight excluding hydrogens is 304 g/mol. The van der Waals surface area contributed by atoms with Gasteiger partial charge in [0.2, 0.25) is 0 Å². The third-order valence-corrected chi connectivity index (χ3v) is 4.74. The molecule has 0 spiro atoms. The van der Waals surface area contributed by atoms with Crippen molar-refractivity contribution in [2.45, 2.75) is 52.5 Å². The molecule has 3 rings (SSSR count). The third kappa shape index (κ3) is 4.19. The number of rotatable bonds is 8. The van der Waals surface area contributed by atoms with E-state index in [-0.39, 0.29) is 0 Å². The summed E-state index contributed by atoms with van der Waals surface area (Å²) in [6.07, 6.45) is 6.46. The Morgan fingerprint density at radius 3 is 2.00 bits per heavy atom. The van der Waals surface area contributed by atoms with Gasteiger partial charge < -0.3 is 4.57 Å². The lowest BCUT2D eigenvalue weighted by molar-refractivity contribution is 0.563. The molecule has 2 aromatic carbocycles. The van der Waals surface area contributed by atoms with Gasteiger partial charge >= 0.3 is 0 Å². The minimum absolute atomic E-state index is 1.04. The van der Waals surface area contributed by atoms with Crippen molar-refractivity contribution in [2.24, 2.45) is 0 Å². The predicted molar refractivity (Wildman–Crippen MR) is 107 cm³/mol. The second-order valence-corrected chi connectivity index (χ2v) is 6.65. The molecule has 0 radical (unpaired) electrons. The maximum absolute atomic E-state index is 4.94. The van der Waals surface area contributed by atoms with Crippen LogP contribution in [0.15, 0.2) is 60.7 Å². The van der Waals surface area contributed by atoms with Gasteiger partial charge in [-0.25, -0.2) is 4.98 Å². The monoisotopic (exact) mass is 332 g/mol. The quantitative estimate of drug-likeness (QED) is 0.431. The zero-order valence-electron chi connectivity index (χ0n) is 15.4. The lowest BCUT2D eigenvalue weighted by atomic mass is 10.0. The average Bonchev–Trinajstić information content (AvgIpc) is 2.99. The second kappa shape index (κ2) is 8.66. The fraction of sp³-hybridized carbons (Fsp3) is 0.348. The molecule has 0 bridgehead atoms. The molecule has 0 atom stereocenters. The summed E-state index contributed by atoms with van der Waals surface area (Å²) >= 11 is 0. The van der Waals surface area contributed by atoms with Crippen molar-refractivity contribution in [3.8, 4) is 22.5 Å². The molecule has 0 saturated carbocycles. The van der Waals surface area contributed by atoms with Gasteiger partial charge in [0.1, 0.15) is 5.82 Å². The Morgan fingerprint density at radius 1 is 0.760 bits per heavy atom. The maximum Gasteiger partial charge on any atom is 0.106 e. The summed E-state index contributed by atoms with van der Waals surface area (Å²) in [4.78, 5) is 4.94. The standard InChI is InChI=1S/C23H28N2/c1-3-4-5-6-13-18-25-19(2)24-22(20-14-9-7-10-15-20)23(25)21-16-11-8-12-17-21/h7-12,14-17H,3-6,13,18H2,1-2H3. The van der Waals surface area contributed by atoms with Crippen LogP contribution in [0.2, 0.25) is 0 Å². The SMILES string of the molecule is CCCCCCCn1c(C)nc(-c2ccccc2)c1-c1ccccc1. The summed E-state index contributed by atoms with van der Waals surface area (Å²) in [6.45, 7) is 5.43. The van der Waals surface area contributed by atoms with Crippen molar-refractivity contribution >= 4 is 0 Å². The van der Waals surface area contributed by atoms with Crippen LogP contribution in [-0.2, 0) is 6.54 Å². The van der Waals surface area contributed by atoms with Crippen molar-refractivity contribution in [3.63, 3.8) is 0 Å². The van der Waals surface area contributed by atoms with E-state index in [1.165, 1.54) is 48.9 Å². The van der Waals surface area contributed by atoms with Crippen LogP contribution in [0.5, 0.6) is 0 Å². The Kier molecular flexibility index (Phi) is 6.05. The minimum atomic E-state index is 1.04. The molecule has 0 fully saturated rings. The van der Waals surface area contributed by atoms with E-state index in [2.05, 4.69) is 79.1 Å². The van der Waals surface area contributed by atoms with E-state index in [1.54, 1.807) is 0 Å². The van der Waals surface area contributed by atoms with Gasteiger partial charge in [-0.3, -0.25) is 0 Å². The first-order chi connectivity index (χ1) is 12.3. The predicted octanol–water partition coefficient (Wildman–Crippen LogP) is 6.50. The van der Waals surface area contributed by atoms with Crippen LogP contribution in [0.4, 0.5) is 0 Å². The topological polar surface area (TPSA) is 17.8 Å². The Bertz CT molecular complexity index is 773. The fourth-order valence-electron chi connectivity index (χ4n) is 3.40. The molecule has 0 amide bonds. The molecule has 0 aliphatic rings. The fourth-order valence-corrected chi connectivity index (χ4v) is 3.40. The van der Waals surface area contributed by atoms with Gasteiger partial charge in [0, 0.05) is 17.7 Å². The van der Waals surface area contributed by atoms with Crippen LogP contribution in [0.3, 0.4) is 0 Å². The van der Waals surface area contributed by atoms with E-state index in [0.717, 1.165) is 18.1 Å². The van der Waals surface area contributed by atoms with E-state index in [4.69, 9.17) is 4.98 Å². The number of nitrogens with zero attached hydrogens (tertiary/aromatic N) is 2. The second-order valence-electron chi connectivity index (χ2n) is 6.65. The van der Waals surface area contributed by atoms with Crippen LogP contribution in [0, 0.1) is 6.92 Å². The number of aromatic nitrogens is 2. The molecule has 1 heterocycles. The van der Waals surface area contributed by atoms with Gasteiger partial charge in [-0.05, 0) is 13.3 Å². The highest BCUT2D eigenvalue weighted by atomic mass is 15.1. The summed E-state index contributed by atoms with van der Waals surface area (Å²) in [7, 11) is 0. The van der Waals surface area contributed by atoms with Crippen molar-refractivity contribution in [1.82, 2.24) is 9.55 Å². The highest BCUT2D eigenvalue weighted by Crippen LogP contribution is 2.33. The number of hydrogen-bond donors (Lipinski definition) is 0. The third-order valence-electron chi connectivity index (χ3n) is 4.74. The minimum Gasteiger partial charge on any atom is -0.328 e. The van der Waals surface area contributed by atoms with Crippen LogP contribution in [0.1, 0.15) is 44.9 Å². The van der Waals surface area contributed by atoms with Crippen molar-refractivity contribution < 1.29 is 0 Å². The highest BCUT2D eigenvalue weighted by molar-refractivity contribution is 5.79. The van der Waals surface area contributed by atoms with E-state index in [1.807, 2.05) is 0 Å². The normalized spacial score (nSPS) is 11.0. The smallest absolute Gasteiger partial charge is 0.106 e. The number of aryl methyl sites for hydroxylation is 1. The Morgan fingerprint density at radius 2 is 1.36 bits per heavy atom. The molecular formula is C23H28N2. The summed E-state index contributed by atoms with van der Waals surface area (Å²) in [6, 6.07) is 21.2. The summed E-state index contributed by atoms with van der Waals surface area (Å²) in [5.74, 6) is 1.10. The van der Waals surface area contributed by atoms with E-state index in [0.29, 0.717) is 0 Å². The molecule has 25 heavy (non-hydrogen) atoms. The average molecular weight is 332 g/mol. The highest BCUT2D eigenvalue weighted by Gasteiger charge is 2.17. The molecule has 0 aliphatic heterocycles. The summed E-state index contributed by atoms with van der Waals surface area (Å²) < 4.78 is 2.41. The zero-order chi connectivity index (χ0) is 17.5. The number of hydrogen-bond acceptors (Lipinski definition) is 1. The van der Waals surface area contributed by atoms with Gasteiger partial charge in [-0.2, -0.15) is 0 Å². The van der Waals surface area contributed by atoms with Crippen molar-refractivity contribution in [3.05, 3.63) is 66.5 Å². The number of benzene rings is 2. The largest absolute Gasteiger partial charge is 0.328 e. The summed E-state index contributed by atoms with van der Waals surface area (Å²) in [5, 5.41) is 0. The maximum atomic E-state index is 4.94. The number of unbranched alkanes of at least 4 members (excludes halogenated alkanes) is 4. The van der Waals surface area contributed by atoms with Crippen LogP contribution < -0.4 is 0 Å². The zero-order valence-corrected chi connectivity index (χ0v) is 15.4. The molecule has 0 saturated heterocycles. The molecule has 0 aliphatic carbocycles. The van der Waals surface area contributed by atoms with Crippen LogP contribution in [-0.4, -0.2) is 9.55 Å². The van der Waals surface area contributed by atoms with E-state index in [9.17, 15) is 0 Å².